The predicted molar refractivity (Wildman–Crippen MR) is 105 cm³/mol. The monoisotopic (exact) mass is 428 g/mol. The van der Waals surface area contributed by atoms with Crippen LogP contribution in [0.4, 0.5) is 0 Å². The molecule has 0 aromatic heterocycles. The Morgan fingerprint density at radius 2 is 1.76 bits per heavy atom. The number of carbonyl (C=O) groups is 2. The molecule has 162 valence electrons. The molecule has 10 heteroatoms. The average Bonchev–Trinajstić information content (AvgIpc) is 2.88. The first-order chi connectivity index (χ1) is 13.6. The molecule has 1 aliphatic heterocycles. The molecule has 0 aliphatic carbocycles. The maximum atomic E-state index is 12.8. The van der Waals surface area contributed by atoms with E-state index in [4.69, 9.17) is 14.2 Å². The van der Waals surface area contributed by atoms with Crippen LogP contribution in [0.5, 0.6) is 11.5 Å². The summed E-state index contributed by atoms with van der Waals surface area (Å²) in [5.41, 5.74) is 0. The second-order valence-corrected chi connectivity index (χ2v) is 8.97. The number of fused-ring (bicyclic) bond motifs is 1. The maximum Gasteiger partial charge on any atom is 0.325 e. The summed E-state index contributed by atoms with van der Waals surface area (Å²) >= 11 is 0. The van der Waals surface area contributed by atoms with Gasteiger partial charge in [0, 0.05) is 12.5 Å². The highest BCUT2D eigenvalue weighted by molar-refractivity contribution is 7.89. The molecule has 0 radical (unpaired) electrons. The van der Waals surface area contributed by atoms with Crippen molar-refractivity contribution in [3.8, 4) is 11.5 Å². The topological polar surface area (TPSA) is 120 Å². The van der Waals surface area contributed by atoms with E-state index in [1.54, 1.807) is 27.7 Å². The molecule has 29 heavy (non-hydrogen) atoms. The summed E-state index contributed by atoms with van der Waals surface area (Å²) < 4.78 is 44.1. The Balaban J connectivity index is 2.11. The highest BCUT2D eigenvalue weighted by atomic mass is 32.2. The fourth-order valence-corrected chi connectivity index (χ4v) is 3.97. The minimum absolute atomic E-state index is 0.0422. The number of carbonyl (C=O) groups excluding carboxylic acids is 2. The molecule has 9 nitrogen and oxygen atoms in total. The largest absolute Gasteiger partial charge is 0.490 e. The number of benzene rings is 1. The molecule has 1 heterocycles. The normalized spacial score (nSPS) is 15.0. The van der Waals surface area contributed by atoms with Gasteiger partial charge in [0.1, 0.15) is 12.6 Å². The van der Waals surface area contributed by atoms with E-state index in [0.29, 0.717) is 31.1 Å². The van der Waals surface area contributed by atoms with Gasteiger partial charge in [0.05, 0.1) is 24.2 Å². The zero-order valence-corrected chi connectivity index (χ0v) is 17.9. The van der Waals surface area contributed by atoms with Gasteiger partial charge >= 0.3 is 5.97 Å². The summed E-state index contributed by atoms with van der Waals surface area (Å²) in [7, 11) is -4.02. The predicted octanol–water partition coefficient (Wildman–Crippen LogP) is 1.22. The molecular weight excluding hydrogens is 400 g/mol. The zero-order valence-electron chi connectivity index (χ0n) is 17.1. The van der Waals surface area contributed by atoms with Gasteiger partial charge in [-0.25, -0.2) is 8.42 Å². The maximum absolute atomic E-state index is 12.8. The number of esters is 1. The molecule has 1 atom stereocenters. The Labute approximate surface area is 171 Å². The molecular formula is C19H28N2O7S. The van der Waals surface area contributed by atoms with Crippen molar-refractivity contribution in [2.45, 2.75) is 51.2 Å². The van der Waals surface area contributed by atoms with Crippen molar-refractivity contribution in [3.05, 3.63) is 18.2 Å². The first-order valence-electron chi connectivity index (χ1n) is 9.49. The fourth-order valence-electron chi connectivity index (χ4n) is 2.61. The van der Waals surface area contributed by atoms with Gasteiger partial charge in [-0.2, -0.15) is 4.72 Å². The first-order valence-corrected chi connectivity index (χ1v) is 11.0. The number of ether oxygens (including phenoxy) is 3. The van der Waals surface area contributed by atoms with E-state index < -0.39 is 27.9 Å². The zero-order chi connectivity index (χ0) is 21.6. The van der Waals surface area contributed by atoms with Gasteiger partial charge in [-0.15, -0.1) is 0 Å². The number of amides is 1. The number of hydrogen-bond donors (Lipinski definition) is 2. The molecule has 1 unspecified atom stereocenters. The van der Waals surface area contributed by atoms with Crippen molar-refractivity contribution in [2.24, 2.45) is 5.92 Å². The van der Waals surface area contributed by atoms with Gasteiger partial charge in [-0.05, 0) is 31.9 Å². The Morgan fingerprint density at radius 3 is 2.38 bits per heavy atom. The highest BCUT2D eigenvalue weighted by Gasteiger charge is 2.29. The minimum atomic E-state index is -4.02. The third-order valence-electron chi connectivity index (χ3n) is 4.03. The number of rotatable bonds is 8. The van der Waals surface area contributed by atoms with Crippen molar-refractivity contribution in [1.82, 2.24) is 10.0 Å². The number of hydrogen-bond acceptors (Lipinski definition) is 7. The van der Waals surface area contributed by atoms with E-state index in [1.165, 1.54) is 18.2 Å². The molecule has 0 spiro atoms. The summed E-state index contributed by atoms with van der Waals surface area (Å²) in [5, 5.41) is 2.42. The van der Waals surface area contributed by atoms with Gasteiger partial charge in [-0.1, -0.05) is 13.8 Å². The Morgan fingerprint density at radius 1 is 1.10 bits per heavy atom. The van der Waals surface area contributed by atoms with Crippen LogP contribution in [-0.4, -0.2) is 52.2 Å². The van der Waals surface area contributed by atoms with Gasteiger partial charge in [0.15, 0.2) is 11.5 Å². The SMILES string of the molecule is CC(C)OC(=O)CNC(=O)C(NS(=O)(=O)c1ccc2c(c1)OCCCO2)C(C)C. The van der Waals surface area contributed by atoms with Crippen molar-refractivity contribution < 1.29 is 32.2 Å². The van der Waals surface area contributed by atoms with Gasteiger partial charge in [-0.3, -0.25) is 9.59 Å². The van der Waals surface area contributed by atoms with Crippen LogP contribution in [0.25, 0.3) is 0 Å². The number of nitrogens with one attached hydrogen (secondary N) is 2. The molecule has 0 saturated heterocycles. The van der Waals surface area contributed by atoms with E-state index in [9.17, 15) is 18.0 Å². The smallest absolute Gasteiger partial charge is 0.325 e. The quantitative estimate of drug-likeness (QED) is 0.597. The molecule has 1 amide bonds. The van der Waals surface area contributed by atoms with Gasteiger partial charge in [0.2, 0.25) is 15.9 Å². The average molecular weight is 429 g/mol. The summed E-state index contributed by atoms with van der Waals surface area (Å²) in [6.07, 6.45) is 0.391. The van der Waals surface area contributed by atoms with Crippen molar-refractivity contribution >= 4 is 21.9 Å². The van der Waals surface area contributed by atoms with Crippen LogP contribution in [0, 0.1) is 5.92 Å². The van der Waals surface area contributed by atoms with E-state index in [2.05, 4.69) is 10.0 Å². The third-order valence-corrected chi connectivity index (χ3v) is 5.47. The van der Waals surface area contributed by atoms with Crippen LogP contribution >= 0.6 is 0 Å². The van der Waals surface area contributed by atoms with Crippen LogP contribution in [0.3, 0.4) is 0 Å². The van der Waals surface area contributed by atoms with Crippen LogP contribution in [0.15, 0.2) is 23.1 Å². The molecule has 1 aromatic carbocycles. The van der Waals surface area contributed by atoms with E-state index in [0.717, 1.165) is 0 Å². The summed E-state index contributed by atoms with van der Waals surface area (Å²) in [4.78, 5) is 24.0. The second kappa shape index (κ2) is 9.93. The second-order valence-electron chi connectivity index (χ2n) is 7.26. The highest BCUT2D eigenvalue weighted by Crippen LogP contribution is 2.32. The lowest BCUT2D eigenvalue weighted by molar-refractivity contribution is -0.147. The molecule has 0 bridgehead atoms. The summed E-state index contributed by atoms with van der Waals surface area (Å²) in [6, 6.07) is 3.23. The van der Waals surface area contributed by atoms with Crippen molar-refractivity contribution in [1.29, 1.82) is 0 Å². The van der Waals surface area contributed by atoms with Crippen LogP contribution < -0.4 is 19.5 Å². The first kappa shape index (κ1) is 23.0. The van der Waals surface area contributed by atoms with Crippen molar-refractivity contribution in [3.63, 3.8) is 0 Å². The van der Waals surface area contributed by atoms with E-state index in [-0.39, 0.29) is 23.5 Å². The van der Waals surface area contributed by atoms with Crippen LogP contribution in [0.1, 0.15) is 34.1 Å². The Kier molecular flexibility index (Phi) is 7.86. The summed E-state index contributed by atoms with van der Waals surface area (Å²) in [5.74, 6) is -0.748. The van der Waals surface area contributed by atoms with E-state index in [1.807, 2.05) is 0 Å². The van der Waals surface area contributed by atoms with Gasteiger partial charge in [0.25, 0.3) is 0 Å². The van der Waals surface area contributed by atoms with Crippen molar-refractivity contribution in [2.75, 3.05) is 19.8 Å². The Bertz CT molecular complexity index is 837. The minimum Gasteiger partial charge on any atom is -0.490 e. The molecule has 0 fully saturated rings. The summed E-state index contributed by atoms with van der Waals surface area (Å²) in [6.45, 7) is 7.37. The lowest BCUT2D eigenvalue weighted by Crippen LogP contribution is -2.50. The lowest BCUT2D eigenvalue weighted by atomic mass is 10.1. The Hall–Kier alpha value is -2.33. The lowest BCUT2D eigenvalue weighted by Gasteiger charge is -2.22. The molecule has 2 rings (SSSR count). The molecule has 0 saturated carbocycles. The van der Waals surface area contributed by atoms with Crippen LogP contribution in [-0.2, 0) is 24.3 Å². The van der Waals surface area contributed by atoms with Crippen LogP contribution in [0.2, 0.25) is 0 Å². The number of sulfonamides is 1. The standard InChI is InChI=1S/C19H28N2O7S/c1-12(2)18(19(23)20-11-17(22)28-13(3)4)21-29(24,25)14-6-7-15-16(10-14)27-9-5-8-26-15/h6-7,10,12-13,18,21H,5,8-9,11H2,1-4H3,(H,20,23). The molecule has 1 aromatic rings. The fraction of sp³-hybridized carbons (Fsp3) is 0.579. The van der Waals surface area contributed by atoms with Gasteiger partial charge < -0.3 is 19.5 Å². The molecule has 2 N–H and O–H groups in total. The third kappa shape index (κ3) is 6.60. The van der Waals surface area contributed by atoms with E-state index >= 15 is 0 Å². The molecule has 1 aliphatic rings.